The Morgan fingerprint density at radius 3 is 2.28 bits per heavy atom. The Morgan fingerprint density at radius 1 is 0.937 bits per heavy atom. The van der Waals surface area contributed by atoms with Crippen LogP contribution in [0, 0.1) is 25.6 Å². The van der Waals surface area contributed by atoms with E-state index in [1.165, 1.54) is 34.4 Å². The summed E-state index contributed by atoms with van der Waals surface area (Å²) >= 11 is 1.48. The summed E-state index contributed by atoms with van der Waals surface area (Å²) in [5.41, 5.74) is 2.35. The predicted octanol–water partition coefficient (Wildman–Crippen LogP) is 8.44. The number of aryl methyl sites for hydroxylation is 2. The van der Waals surface area contributed by atoms with E-state index in [0.29, 0.717) is 48.1 Å². The van der Waals surface area contributed by atoms with Gasteiger partial charge in [0.25, 0.3) is 5.91 Å². The van der Waals surface area contributed by atoms with E-state index in [9.17, 15) is 47.0 Å². The molecule has 0 radical (unpaired) electrons. The van der Waals surface area contributed by atoms with E-state index in [0.717, 1.165) is 22.2 Å². The number of aromatic nitrogens is 3. The molecule has 3 aromatic carbocycles. The number of Topliss-reactive ketones (excluding diaryl/α,β-unsaturated/α-hetero) is 1. The molecular formula is C57H63F4N9O8S. The highest BCUT2D eigenvalue weighted by Gasteiger charge is 2.44. The molecule has 6 atom stereocenters. The number of pyridine rings is 1. The normalized spacial score (nSPS) is 18.6. The Hall–Kier alpha value is -7.56. The standard InChI is InChI=1S/C57H63F4N9O8S/c1-30(2)52(49-19-31(3)67-78-49)56(77)70-28-39(71)22-47(70)55(76)65-44(35-10-12-36(13-11-35)53-34(6)64-29-79-53)24-51(74)62-18-8-9-48(72)38-14-16-40(43(58)20-38)37-15-17-46(69-26-32(4)68(7)33(5)27-69)45(21-37)66-54(75)41-25-63-50(73)23-42(41)57(59,60)61/h10-17,19-21,23,25,29-30,32-33,39,44,47,52,71H,8-9,18,22,24,26-28H2,1-7H3,(H,62,74)(H,63,73)(H,65,76)(H,66,75)/t32-,33+,39-,44+,47+,52-/m1/s1. The highest BCUT2D eigenvalue weighted by molar-refractivity contribution is 7.13. The maximum absolute atomic E-state index is 16.1. The second-order valence-corrected chi connectivity index (χ2v) is 21.6. The zero-order valence-electron chi connectivity index (χ0n) is 44.7. The SMILES string of the molecule is Cc1cc([C@H](C(=O)N2C[C@H](O)C[C@H]2C(=O)N[C@@H](CC(=O)NCCCC(=O)c2ccc(-c3ccc(N4C[C@@H](C)N(C)[C@@H](C)C4)c(NC(=O)c4c[nH]c(=O)cc4C(F)(F)F)c3)c(F)c2)c2ccc(-c3scnc3C)cc2)C(C)C)on1. The van der Waals surface area contributed by atoms with E-state index in [-0.39, 0.29) is 79.2 Å². The number of benzene rings is 3. The lowest BCUT2D eigenvalue weighted by Crippen LogP contribution is -2.55. The van der Waals surface area contributed by atoms with Gasteiger partial charge >= 0.3 is 6.18 Å². The molecule has 4 amide bonds. The molecule has 0 unspecified atom stereocenters. The second-order valence-electron chi connectivity index (χ2n) is 20.8. The van der Waals surface area contributed by atoms with Gasteiger partial charge in [0.2, 0.25) is 23.3 Å². The number of H-pyrrole nitrogens is 1. The average Bonchev–Trinajstić information content (AvgIpc) is 4.20. The Kier molecular flexibility index (Phi) is 17.7. The molecule has 2 fully saturated rings. The molecule has 0 bridgehead atoms. The third kappa shape index (κ3) is 13.3. The van der Waals surface area contributed by atoms with Crippen LogP contribution in [0.25, 0.3) is 21.6 Å². The van der Waals surface area contributed by atoms with Gasteiger partial charge in [-0.25, -0.2) is 9.37 Å². The lowest BCUT2D eigenvalue weighted by molar-refractivity contribution is -0.141. The summed E-state index contributed by atoms with van der Waals surface area (Å²) in [4.78, 5) is 93.9. The number of nitrogens with one attached hydrogen (secondary N) is 4. The minimum absolute atomic E-state index is 0.0248. The topological polar surface area (TPSA) is 223 Å². The van der Waals surface area contributed by atoms with Gasteiger partial charge in [-0.2, -0.15) is 13.2 Å². The summed E-state index contributed by atoms with van der Waals surface area (Å²) in [5.74, 6) is -4.40. The number of halogens is 4. The first kappa shape index (κ1) is 57.6. The molecule has 0 saturated carbocycles. The molecule has 2 aliphatic heterocycles. The van der Waals surface area contributed by atoms with Crippen molar-refractivity contribution in [3.8, 4) is 21.6 Å². The van der Waals surface area contributed by atoms with Crippen LogP contribution in [0.5, 0.6) is 0 Å². The highest BCUT2D eigenvalue weighted by atomic mass is 32.1. The first-order chi connectivity index (χ1) is 37.5. The van der Waals surface area contributed by atoms with Gasteiger partial charge in [0.05, 0.1) is 62.8 Å². The van der Waals surface area contributed by atoms with Crippen molar-refractivity contribution >= 4 is 52.1 Å². The molecule has 0 aliphatic carbocycles. The van der Waals surface area contributed by atoms with Gasteiger partial charge in [0.1, 0.15) is 23.5 Å². The fraction of sp³-hybridized carbons (Fsp3) is 0.404. The molecule has 2 saturated heterocycles. The largest absolute Gasteiger partial charge is 0.417 e. The Balaban J connectivity index is 0.940. The smallest absolute Gasteiger partial charge is 0.391 e. The number of alkyl halides is 3. The van der Waals surface area contributed by atoms with Gasteiger partial charge in [-0.15, -0.1) is 11.3 Å². The molecule has 5 heterocycles. The van der Waals surface area contributed by atoms with Gasteiger partial charge < -0.3 is 40.4 Å². The zero-order chi connectivity index (χ0) is 57.0. The molecule has 6 aromatic rings. The number of hydrogen-bond donors (Lipinski definition) is 5. The monoisotopic (exact) mass is 1110 g/mol. The maximum Gasteiger partial charge on any atom is 0.417 e. The van der Waals surface area contributed by atoms with Crippen LogP contribution in [0.4, 0.5) is 28.9 Å². The fourth-order valence-corrected chi connectivity index (χ4v) is 11.1. The zero-order valence-corrected chi connectivity index (χ0v) is 45.6. The van der Waals surface area contributed by atoms with Crippen molar-refractivity contribution in [3.05, 3.63) is 140 Å². The summed E-state index contributed by atoms with van der Waals surface area (Å²) < 4.78 is 63.7. The number of ketones is 1. The summed E-state index contributed by atoms with van der Waals surface area (Å²) in [6.07, 6.45) is -5.43. The number of hydrogen-bond acceptors (Lipinski definition) is 13. The van der Waals surface area contributed by atoms with Gasteiger partial charge in [-0.3, -0.25) is 33.7 Å². The summed E-state index contributed by atoms with van der Waals surface area (Å²) in [6, 6.07) is 16.2. The third-order valence-corrected chi connectivity index (χ3v) is 15.7. The van der Waals surface area contributed by atoms with Crippen LogP contribution in [0.2, 0.25) is 0 Å². The fourth-order valence-electron chi connectivity index (χ4n) is 10.3. The van der Waals surface area contributed by atoms with Crippen LogP contribution in [0.3, 0.4) is 0 Å². The minimum atomic E-state index is -5.01. The molecule has 418 valence electrons. The van der Waals surface area contributed by atoms with Gasteiger partial charge in [0, 0.05) is 80.6 Å². The van der Waals surface area contributed by atoms with Crippen molar-refractivity contribution < 1.29 is 51.2 Å². The Morgan fingerprint density at radius 2 is 1.65 bits per heavy atom. The van der Waals surface area contributed by atoms with Crippen LogP contribution in [-0.2, 0) is 20.6 Å². The summed E-state index contributed by atoms with van der Waals surface area (Å²) in [5, 5.41) is 23.1. The number of piperazine rings is 1. The Bertz CT molecular complexity index is 3280. The van der Waals surface area contributed by atoms with Gasteiger partial charge in [-0.05, 0) is 82.0 Å². The first-order valence-electron chi connectivity index (χ1n) is 26.0. The highest BCUT2D eigenvalue weighted by Crippen LogP contribution is 2.38. The van der Waals surface area contributed by atoms with Crippen molar-refractivity contribution in [1.82, 2.24) is 35.6 Å². The quantitative estimate of drug-likeness (QED) is 0.0311. The first-order valence-corrected chi connectivity index (χ1v) is 26.9. The molecule has 22 heteroatoms. The third-order valence-electron chi connectivity index (χ3n) is 14.7. The number of nitrogens with zero attached hydrogens (tertiary/aromatic N) is 5. The number of aliphatic hydroxyl groups excluding tert-OH is 1. The number of aliphatic hydroxyl groups is 1. The summed E-state index contributed by atoms with van der Waals surface area (Å²) in [7, 11) is 1.98. The van der Waals surface area contributed by atoms with Crippen LogP contribution in [0.15, 0.2) is 93.8 Å². The lowest BCUT2D eigenvalue weighted by Gasteiger charge is -2.44. The number of anilines is 2. The van der Waals surface area contributed by atoms with E-state index >= 15 is 4.39 Å². The van der Waals surface area contributed by atoms with Crippen LogP contribution < -0.4 is 26.4 Å². The van der Waals surface area contributed by atoms with Crippen LogP contribution >= 0.6 is 11.3 Å². The molecule has 2 aliphatic rings. The number of carbonyl (C=O) groups excluding carboxylic acids is 5. The summed E-state index contributed by atoms with van der Waals surface area (Å²) in [6.45, 7) is 12.4. The van der Waals surface area contributed by atoms with E-state index in [2.05, 4.69) is 36.0 Å². The molecule has 8 rings (SSSR count). The average molecular weight is 1110 g/mol. The number of carbonyl (C=O) groups is 5. The van der Waals surface area contributed by atoms with Gasteiger partial charge in [-0.1, -0.05) is 61.5 Å². The number of aromatic amines is 1. The van der Waals surface area contributed by atoms with Crippen molar-refractivity contribution in [2.24, 2.45) is 5.92 Å². The molecule has 17 nitrogen and oxygen atoms in total. The number of β-amino-alcohol motifs (C(OH)–C–C–N with tert-alkyl or cyclic N) is 1. The number of likely N-dealkylation sites (tertiary alicyclic amines) is 1. The van der Waals surface area contributed by atoms with E-state index in [1.807, 2.05) is 58.7 Å². The predicted molar refractivity (Wildman–Crippen MR) is 290 cm³/mol. The van der Waals surface area contributed by atoms with Crippen molar-refractivity contribution in [2.45, 2.75) is 110 Å². The van der Waals surface area contributed by atoms with Crippen LogP contribution in [-0.4, -0.2) is 117 Å². The van der Waals surface area contributed by atoms with E-state index < -0.39 is 82.2 Å². The number of thiazole rings is 1. The number of rotatable bonds is 18. The van der Waals surface area contributed by atoms with Crippen LogP contribution in [0.1, 0.15) is 114 Å². The number of amides is 4. The van der Waals surface area contributed by atoms with Crippen molar-refractivity contribution in [2.75, 3.05) is 43.4 Å². The molecule has 3 aromatic heterocycles. The second kappa shape index (κ2) is 24.2. The molecule has 0 spiro atoms. The van der Waals surface area contributed by atoms with E-state index in [4.69, 9.17) is 4.52 Å². The van der Waals surface area contributed by atoms with Gasteiger partial charge in [0.15, 0.2) is 5.78 Å². The van der Waals surface area contributed by atoms with E-state index in [1.54, 1.807) is 42.8 Å². The molecular weight excluding hydrogens is 1050 g/mol. The van der Waals surface area contributed by atoms with Crippen molar-refractivity contribution in [1.29, 1.82) is 0 Å². The molecule has 79 heavy (non-hydrogen) atoms. The molecule has 5 N–H and O–H groups in total. The Labute approximate surface area is 457 Å². The van der Waals surface area contributed by atoms with Crippen molar-refractivity contribution in [3.63, 3.8) is 0 Å². The minimum Gasteiger partial charge on any atom is -0.391 e. The lowest BCUT2D eigenvalue weighted by atomic mass is 9.91. The maximum atomic E-state index is 16.1. The number of likely N-dealkylation sites (N-methyl/N-ethyl adjacent to an activating group) is 1.